The van der Waals surface area contributed by atoms with Crippen molar-refractivity contribution in [2.24, 2.45) is 0 Å². The number of nitrogens with one attached hydrogen (secondary N) is 1. The van der Waals surface area contributed by atoms with E-state index in [1.165, 1.54) is 0 Å². The van der Waals surface area contributed by atoms with Crippen LogP contribution in [0, 0.1) is 0 Å². The molecule has 0 aliphatic rings. The highest BCUT2D eigenvalue weighted by atomic mass is 16.5. The number of hydrogen-bond donors (Lipinski definition) is 1. The number of aromatic nitrogens is 1. The molecule has 1 N–H and O–H groups in total. The molecule has 0 atom stereocenters. The van der Waals surface area contributed by atoms with E-state index < -0.39 is 0 Å². The number of ether oxygens (including phenoxy) is 1. The Balaban J connectivity index is 2.21. The zero-order valence-electron chi connectivity index (χ0n) is 12.5. The first kappa shape index (κ1) is 14.6. The third-order valence-corrected chi connectivity index (χ3v) is 3.38. The summed E-state index contributed by atoms with van der Waals surface area (Å²) in [4.78, 5) is 6.71. The molecule has 0 aliphatic carbocycles. The molecule has 20 heavy (non-hydrogen) atoms. The van der Waals surface area contributed by atoms with E-state index in [0.29, 0.717) is 0 Å². The van der Waals surface area contributed by atoms with E-state index in [2.05, 4.69) is 35.2 Å². The lowest BCUT2D eigenvalue weighted by Gasteiger charge is -2.20. The number of rotatable bonds is 7. The summed E-state index contributed by atoms with van der Waals surface area (Å²) in [7, 11) is 3.78. The van der Waals surface area contributed by atoms with E-state index in [0.717, 1.165) is 48.4 Å². The van der Waals surface area contributed by atoms with Crippen molar-refractivity contribution in [2.75, 3.05) is 38.7 Å². The molecule has 2 aromatic rings. The lowest BCUT2D eigenvalue weighted by atomic mass is 10.1. The van der Waals surface area contributed by atoms with E-state index in [1.807, 2.05) is 24.4 Å². The molecule has 0 saturated heterocycles. The van der Waals surface area contributed by atoms with Gasteiger partial charge >= 0.3 is 0 Å². The first-order valence-electron chi connectivity index (χ1n) is 7.11. The van der Waals surface area contributed by atoms with E-state index in [1.54, 1.807) is 7.11 Å². The third kappa shape index (κ3) is 3.20. The Morgan fingerprint density at radius 1 is 1.20 bits per heavy atom. The van der Waals surface area contributed by atoms with Crippen molar-refractivity contribution in [1.82, 2.24) is 10.3 Å². The van der Waals surface area contributed by atoms with Crippen molar-refractivity contribution in [1.29, 1.82) is 0 Å². The molecule has 0 spiro atoms. The van der Waals surface area contributed by atoms with Gasteiger partial charge in [-0.15, -0.1) is 0 Å². The summed E-state index contributed by atoms with van der Waals surface area (Å²) >= 11 is 0. The zero-order valence-corrected chi connectivity index (χ0v) is 12.5. The molecule has 0 saturated carbocycles. The smallest absolute Gasteiger partial charge is 0.136 e. The second kappa shape index (κ2) is 7.10. The number of hydrogen-bond acceptors (Lipinski definition) is 4. The maximum Gasteiger partial charge on any atom is 0.136 e. The number of benzene rings is 1. The normalized spacial score (nSPS) is 10.8. The molecular formula is C16H23N3O. The van der Waals surface area contributed by atoms with E-state index >= 15 is 0 Å². The highest BCUT2D eigenvalue weighted by molar-refractivity contribution is 5.96. The minimum absolute atomic E-state index is 0.892. The summed E-state index contributed by atoms with van der Waals surface area (Å²) in [6.07, 6.45) is 3.00. The lowest BCUT2D eigenvalue weighted by Crippen LogP contribution is -2.30. The van der Waals surface area contributed by atoms with Crippen LogP contribution in [0.1, 0.15) is 13.3 Å². The van der Waals surface area contributed by atoms with E-state index in [9.17, 15) is 0 Å². The van der Waals surface area contributed by atoms with Crippen molar-refractivity contribution < 1.29 is 4.74 Å². The van der Waals surface area contributed by atoms with Crippen LogP contribution in [0.5, 0.6) is 5.75 Å². The average Bonchev–Trinajstić information content (AvgIpc) is 2.50. The van der Waals surface area contributed by atoms with Crippen LogP contribution < -0.4 is 15.0 Å². The molecule has 1 aromatic heterocycles. The number of pyridine rings is 1. The maximum atomic E-state index is 5.42. The van der Waals surface area contributed by atoms with E-state index in [4.69, 9.17) is 4.74 Å². The molecule has 0 fully saturated rings. The number of nitrogens with zero attached hydrogens (tertiary/aromatic N) is 2. The monoisotopic (exact) mass is 273 g/mol. The largest absolute Gasteiger partial charge is 0.496 e. The molecule has 108 valence electrons. The summed E-state index contributed by atoms with van der Waals surface area (Å²) in [5, 5.41) is 5.65. The molecule has 0 bridgehead atoms. The van der Waals surface area contributed by atoms with Gasteiger partial charge in [0.1, 0.15) is 11.6 Å². The molecule has 1 heterocycles. The molecule has 4 heteroatoms. The van der Waals surface area contributed by atoms with Crippen LogP contribution >= 0.6 is 0 Å². The van der Waals surface area contributed by atoms with Crippen LogP contribution in [-0.4, -0.2) is 38.8 Å². The molecule has 0 amide bonds. The van der Waals surface area contributed by atoms with Gasteiger partial charge in [-0.25, -0.2) is 4.98 Å². The summed E-state index contributed by atoms with van der Waals surface area (Å²) in [5.74, 6) is 1.89. The van der Waals surface area contributed by atoms with Gasteiger partial charge in [0.15, 0.2) is 0 Å². The second-order valence-corrected chi connectivity index (χ2v) is 4.86. The fourth-order valence-corrected chi connectivity index (χ4v) is 2.30. The van der Waals surface area contributed by atoms with Crippen molar-refractivity contribution in [3.8, 4) is 5.75 Å². The molecule has 0 aliphatic heterocycles. The van der Waals surface area contributed by atoms with Crippen LogP contribution in [0.3, 0.4) is 0 Å². The summed E-state index contributed by atoms with van der Waals surface area (Å²) in [6, 6.07) is 8.08. The van der Waals surface area contributed by atoms with Gasteiger partial charge in [-0.05, 0) is 25.1 Å². The molecule has 1 aromatic carbocycles. The Morgan fingerprint density at radius 2 is 2.05 bits per heavy atom. The number of likely N-dealkylation sites (N-methyl/N-ethyl adjacent to an activating group) is 1. The van der Waals surface area contributed by atoms with Gasteiger partial charge < -0.3 is 15.0 Å². The molecule has 0 unspecified atom stereocenters. The molecule has 0 radical (unpaired) electrons. The lowest BCUT2D eigenvalue weighted by molar-refractivity contribution is 0.420. The highest BCUT2D eigenvalue weighted by Gasteiger charge is 2.09. The van der Waals surface area contributed by atoms with Gasteiger partial charge in [0, 0.05) is 37.1 Å². The quantitative estimate of drug-likeness (QED) is 0.787. The Labute approximate surface area is 120 Å². The SMILES string of the molecule is CCCNCCN(C)c1nccc2c(OC)cccc12. The van der Waals surface area contributed by atoms with Gasteiger partial charge in [0.05, 0.1) is 7.11 Å². The van der Waals surface area contributed by atoms with Crippen molar-refractivity contribution in [2.45, 2.75) is 13.3 Å². The standard InChI is InChI=1S/C16H23N3O/c1-4-9-17-11-12-19(2)16-14-6-5-7-15(20-3)13(14)8-10-18-16/h5-8,10,17H,4,9,11-12H2,1-3H3. The molecule has 2 rings (SSSR count). The minimum Gasteiger partial charge on any atom is -0.496 e. The van der Waals surface area contributed by atoms with Crippen molar-refractivity contribution >= 4 is 16.6 Å². The predicted molar refractivity (Wildman–Crippen MR) is 84.7 cm³/mol. The van der Waals surface area contributed by atoms with Gasteiger partial charge in [0.2, 0.25) is 0 Å². The second-order valence-electron chi connectivity index (χ2n) is 4.86. The zero-order chi connectivity index (χ0) is 14.4. The van der Waals surface area contributed by atoms with Crippen molar-refractivity contribution in [3.63, 3.8) is 0 Å². The topological polar surface area (TPSA) is 37.4 Å². The third-order valence-electron chi connectivity index (χ3n) is 3.38. The first-order chi connectivity index (χ1) is 9.77. The fourth-order valence-electron chi connectivity index (χ4n) is 2.30. The number of anilines is 1. The average molecular weight is 273 g/mol. The minimum atomic E-state index is 0.892. The Bertz CT molecular complexity index is 556. The van der Waals surface area contributed by atoms with Gasteiger partial charge in [-0.3, -0.25) is 0 Å². The van der Waals surface area contributed by atoms with Crippen LogP contribution in [-0.2, 0) is 0 Å². The molecule has 4 nitrogen and oxygen atoms in total. The maximum absolute atomic E-state index is 5.42. The van der Waals surface area contributed by atoms with Crippen LogP contribution in [0.4, 0.5) is 5.82 Å². The van der Waals surface area contributed by atoms with Crippen LogP contribution in [0.15, 0.2) is 30.5 Å². The van der Waals surface area contributed by atoms with E-state index in [-0.39, 0.29) is 0 Å². The van der Waals surface area contributed by atoms with Gasteiger partial charge in [-0.2, -0.15) is 0 Å². The van der Waals surface area contributed by atoms with Crippen LogP contribution in [0.25, 0.3) is 10.8 Å². The molecular weight excluding hydrogens is 250 g/mol. The summed E-state index contributed by atoms with van der Waals surface area (Å²) in [5.41, 5.74) is 0. The fraction of sp³-hybridized carbons (Fsp3) is 0.438. The number of fused-ring (bicyclic) bond motifs is 1. The van der Waals surface area contributed by atoms with Crippen LogP contribution in [0.2, 0.25) is 0 Å². The highest BCUT2D eigenvalue weighted by Crippen LogP contribution is 2.30. The first-order valence-corrected chi connectivity index (χ1v) is 7.11. The van der Waals surface area contributed by atoms with Gasteiger partial charge in [-0.1, -0.05) is 19.1 Å². The predicted octanol–water partition coefficient (Wildman–Crippen LogP) is 2.68. The van der Waals surface area contributed by atoms with Gasteiger partial charge in [0.25, 0.3) is 0 Å². The van der Waals surface area contributed by atoms with Crippen molar-refractivity contribution in [3.05, 3.63) is 30.5 Å². The Kier molecular flexibility index (Phi) is 5.18. The Morgan fingerprint density at radius 3 is 2.80 bits per heavy atom. The summed E-state index contributed by atoms with van der Waals surface area (Å²) < 4.78 is 5.42. The summed E-state index contributed by atoms with van der Waals surface area (Å²) in [6.45, 7) is 5.13. The number of methoxy groups -OCH3 is 1. The Hall–Kier alpha value is -1.81.